The lowest BCUT2D eigenvalue weighted by atomic mass is 10.0. The summed E-state index contributed by atoms with van der Waals surface area (Å²) in [5.41, 5.74) is 0. The molecule has 1 rings (SSSR count). The van der Waals surface area contributed by atoms with E-state index in [2.05, 4.69) is 6.92 Å². The Hall–Kier alpha value is -0.220. The van der Waals surface area contributed by atoms with E-state index < -0.39 is 5.97 Å². The molecule has 2 N–H and O–H groups in total. The molecule has 94 valence electrons. The number of hydrogen-bond donors (Lipinski definition) is 2. The molecule has 0 aromatic rings. The number of carboxylic acids is 1. The first-order chi connectivity index (χ1) is 7.65. The molecule has 0 spiro atoms. The van der Waals surface area contributed by atoms with Crippen LogP contribution in [0, 0.1) is 5.92 Å². The molecule has 0 aliphatic heterocycles. The quantitative estimate of drug-likeness (QED) is 0.732. The fourth-order valence-electron chi connectivity index (χ4n) is 2.27. The summed E-state index contributed by atoms with van der Waals surface area (Å²) in [6, 6.07) is 0. The molecular formula is C12H22O3S. The van der Waals surface area contributed by atoms with E-state index in [4.69, 9.17) is 5.11 Å². The van der Waals surface area contributed by atoms with Gasteiger partial charge in [-0.05, 0) is 19.3 Å². The predicted octanol–water partition coefficient (Wildman–Crippen LogP) is 2.52. The highest BCUT2D eigenvalue weighted by Gasteiger charge is 2.30. The van der Waals surface area contributed by atoms with Gasteiger partial charge in [0.2, 0.25) is 0 Å². The standard InChI is InChI=1S/C12H22O3S/c1-9(7-8-13)16-11-6-4-2-3-5-10(11)12(14)15/h9-11,13H,2-8H2,1H3,(H,14,15). The van der Waals surface area contributed by atoms with E-state index >= 15 is 0 Å². The van der Waals surface area contributed by atoms with Gasteiger partial charge in [-0.3, -0.25) is 4.79 Å². The van der Waals surface area contributed by atoms with E-state index in [1.807, 2.05) is 0 Å². The molecule has 0 bridgehead atoms. The molecule has 4 heteroatoms. The minimum Gasteiger partial charge on any atom is -0.481 e. The molecule has 1 saturated carbocycles. The highest BCUT2D eigenvalue weighted by atomic mass is 32.2. The molecule has 3 nitrogen and oxygen atoms in total. The Labute approximate surface area is 102 Å². The molecule has 1 aliphatic rings. The third kappa shape index (κ3) is 4.34. The number of thioether (sulfide) groups is 1. The third-order valence-corrected chi connectivity index (χ3v) is 4.83. The van der Waals surface area contributed by atoms with Crippen LogP contribution >= 0.6 is 11.8 Å². The Balaban J connectivity index is 2.53. The molecule has 0 amide bonds. The van der Waals surface area contributed by atoms with Gasteiger partial charge in [-0.2, -0.15) is 11.8 Å². The lowest BCUT2D eigenvalue weighted by molar-refractivity contribution is -0.141. The number of aliphatic hydroxyl groups is 1. The zero-order valence-corrected chi connectivity index (χ0v) is 10.7. The van der Waals surface area contributed by atoms with Gasteiger partial charge in [-0.1, -0.05) is 26.2 Å². The van der Waals surface area contributed by atoms with Crippen LogP contribution in [0.1, 0.15) is 45.4 Å². The monoisotopic (exact) mass is 246 g/mol. The molecule has 3 unspecified atom stereocenters. The minimum absolute atomic E-state index is 0.186. The van der Waals surface area contributed by atoms with E-state index in [0.29, 0.717) is 5.25 Å². The second kappa shape index (κ2) is 7.17. The minimum atomic E-state index is -0.643. The van der Waals surface area contributed by atoms with Gasteiger partial charge in [-0.25, -0.2) is 0 Å². The van der Waals surface area contributed by atoms with Gasteiger partial charge in [0, 0.05) is 17.1 Å². The zero-order chi connectivity index (χ0) is 12.0. The van der Waals surface area contributed by atoms with Crippen LogP contribution < -0.4 is 0 Å². The van der Waals surface area contributed by atoms with E-state index in [1.165, 1.54) is 0 Å². The van der Waals surface area contributed by atoms with Crippen molar-refractivity contribution in [3.8, 4) is 0 Å². The number of rotatable bonds is 5. The molecular weight excluding hydrogens is 224 g/mol. The largest absolute Gasteiger partial charge is 0.481 e. The van der Waals surface area contributed by atoms with Crippen molar-refractivity contribution in [1.29, 1.82) is 0 Å². The summed E-state index contributed by atoms with van der Waals surface area (Å²) in [5.74, 6) is -0.829. The SMILES string of the molecule is CC(CCO)SC1CCCCCC1C(=O)O. The van der Waals surface area contributed by atoms with Crippen molar-refractivity contribution in [2.75, 3.05) is 6.61 Å². The van der Waals surface area contributed by atoms with Crippen LogP contribution in [0.3, 0.4) is 0 Å². The Morgan fingerprint density at radius 3 is 2.69 bits per heavy atom. The van der Waals surface area contributed by atoms with Crippen LogP contribution in [-0.4, -0.2) is 33.3 Å². The molecule has 0 saturated heterocycles. The van der Waals surface area contributed by atoms with Gasteiger partial charge >= 0.3 is 5.97 Å². The van der Waals surface area contributed by atoms with Crippen molar-refractivity contribution in [2.24, 2.45) is 5.92 Å². The summed E-state index contributed by atoms with van der Waals surface area (Å²) in [5, 5.41) is 18.7. The zero-order valence-electron chi connectivity index (χ0n) is 9.89. The lowest BCUT2D eigenvalue weighted by Gasteiger charge is -2.24. The van der Waals surface area contributed by atoms with Crippen LogP contribution in [0.25, 0.3) is 0 Å². The number of carbonyl (C=O) groups is 1. The maximum atomic E-state index is 11.2. The highest BCUT2D eigenvalue weighted by Crippen LogP contribution is 2.35. The third-order valence-electron chi connectivity index (χ3n) is 3.21. The average Bonchev–Trinajstić information content (AvgIpc) is 2.43. The van der Waals surface area contributed by atoms with E-state index in [0.717, 1.165) is 38.5 Å². The van der Waals surface area contributed by atoms with E-state index in [1.54, 1.807) is 11.8 Å². The number of carboxylic acid groups (broad SMARTS) is 1. The molecule has 0 aromatic carbocycles. The maximum absolute atomic E-state index is 11.2. The van der Waals surface area contributed by atoms with E-state index in [9.17, 15) is 9.90 Å². The second-order valence-electron chi connectivity index (χ2n) is 4.58. The second-order valence-corrected chi connectivity index (χ2v) is 6.26. The first-order valence-electron chi connectivity index (χ1n) is 6.14. The van der Waals surface area contributed by atoms with Crippen LogP contribution in [0.15, 0.2) is 0 Å². The molecule has 1 fully saturated rings. The molecule has 0 aromatic heterocycles. The summed E-state index contributed by atoms with van der Waals surface area (Å²) in [6.07, 6.45) is 5.94. The van der Waals surface area contributed by atoms with Crippen molar-refractivity contribution in [1.82, 2.24) is 0 Å². The molecule has 16 heavy (non-hydrogen) atoms. The fourth-order valence-corrected chi connectivity index (χ4v) is 3.85. The predicted molar refractivity (Wildman–Crippen MR) is 66.8 cm³/mol. The Morgan fingerprint density at radius 2 is 2.06 bits per heavy atom. The van der Waals surface area contributed by atoms with Gasteiger partial charge < -0.3 is 10.2 Å². The summed E-state index contributed by atoms with van der Waals surface area (Å²) in [6.45, 7) is 2.27. The Bertz CT molecular complexity index is 220. The van der Waals surface area contributed by atoms with Crippen molar-refractivity contribution in [2.45, 2.75) is 55.9 Å². The van der Waals surface area contributed by atoms with Crippen LogP contribution in [0.2, 0.25) is 0 Å². The van der Waals surface area contributed by atoms with Crippen molar-refractivity contribution in [3.63, 3.8) is 0 Å². The average molecular weight is 246 g/mol. The molecule has 1 aliphatic carbocycles. The topological polar surface area (TPSA) is 57.5 Å². The van der Waals surface area contributed by atoms with Crippen molar-refractivity contribution in [3.05, 3.63) is 0 Å². The summed E-state index contributed by atoms with van der Waals surface area (Å²) >= 11 is 1.75. The van der Waals surface area contributed by atoms with Gasteiger partial charge in [0.05, 0.1) is 5.92 Å². The molecule has 0 radical (unpaired) electrons. The smallest absolute Gasteiger partial charge is 0.307 e. The first kappa shape index (κ1) is 13.8. The molecule has 3 atom stereocenters. The van der Waals surface area contributed by atoms with Gasteiger partial charge in [0.15, 0.2) is 0 Å². The van der Waals surface area contributed by atoms with Crippen LogP contribution in [-0.2, 0) is 4.79 Å². The number of aliphatic hydroxyl groups excluding tert-OH is 1. The lowest BCUT2D eigenvalue weighted by Crippen LogP contribution is -2.26. The maximum Gasteiger partial charge on any atom is 0.307 e. The van der Waals surface area contributed by atoms with Gasteiger partial charge in [0.25, 0.3) is 0 Å². The summed E-state index contributed by atoms with van der Waals surface area (Å²) in [4.78, 5) is 11.2. The van der Waals surface area contributed by atoms with Crippen molar-refractivity contribution < 1.29 is 15.0 Å². The summed E-state index contributed by atoms with van der Waals surface area (Å²) < 4.78 is 0. The van der Waals surface area contributed by atoms with Crippen LogP contribution in [0.5, 0.6) is 0 Å². The number of aliphatic carboxylic acids is 1. The highest BCUT2D eigenvalue weighted by molar-refractivity contribution is 8.00. The van der Waals surface area contributed by atoms with Crippen LogP contribution in [0.4, 0.5) is 0 Å². The van der Waals surface area contributed by atoms with E-state index in [-0.39, 0.29) is 17.8 Å². The first-order valence-corrected chi connectivity index (χ1v) is 7.08. The fraction of sp³-hybridized carbons (Fsp3) is 0.917. The Morgan fingerprint density at radius 1 is 1.38 bits per heavy atom. The number of hydrogen-bond acceptors (Lipinski definition) is 3. The Kier molecular flexibility index (Phi) is 6.21. The van der Waals surface area contributed by atoms with Gasteiger partial charge in [0.1, 0.15) is 0 Å². The normalized spacial score (nSPS) is 28.4. The van der Waals surface area contributed by atoms with Gasteiger partial charge in [-0.15, -0.1) is 0 Å². The summed E-state index contributed by atoms with van der Waals surface area (Å²) in [7, 11) is 0. The van der Waals surface area contributed by atoms with Crippen molar-refractivity contribution >= 4 is 17.7 Å². The molecule has 0 heterocycles.